The van der Waals surface area contributed by atoms with Crippen LogP contribution in [-0.4, -0.2) is 70.9 Å². The van der Waals surface area contributed by atoms with E-state index in [4.69, 9.17) is 19.4 Å². The van der Waals surface area contributed by atoms with Crippen LogP contribution in [-0.2, 0) is 14.3 Å². The van der Waals surface area contributed by atoms with E-state index in [0.717, 1.165) is 16.3 Å². The Labute approximate surface area is 166 Å². The maximum atomic E-state index is 11.1. The van der Waals surface area contributed by atoms with Crippen LogP contribution >= 0.6 is 0 Å². The molecule has 1 aliphatic rings. The van der Waals surface area contributed by atoms with Crippen LogP contribution in [0.3, 0.4) is 0 Å². The molecule has 9 nitrogen and oxygen atoms in total. The Bertz CT molecular complexity index is 884. The fourth-order valence-corrected chi connectivity index (χ4v) is 3.20. The number of hydroxylamine groups is 1. The first-order valence-electron chi connectivity index (χ1n) is 8.94. The van der Waals surface area contributed by atoms with Crippen LogP contribution < -0.4 is 10.2 Å². The maximum Gasteiger partial charge on any atom is 0.267 e. The number of aliphatic hydroxyl groups excluding tert-OH is 3. The normalized spacial score (nSPS) is 27.3. The summed E-state index contributed by atoms with van der Waals surface area (Å²) < 4.78 is 16.3. The molecule has 1 heterocycles. The molecule has 9 heteroatoms. The van der Waals surface area contributed by atoms with Crippen molar-refractivity contribution in [3.8, 4) is 5.75 Å². The van der Waals surface area contributed by atoms with Crippen molar-refractivity contribution in [2.45, 2.75) is 30.7 Å². The van der Waals surface area contributed by atoms with Crippen LogP contribution in [0.25, 0.3) is 16.8 Å². The Balaban J connectivity index is 1.76. The molecule has 5 atom stereocenters. The number of nitrogens with one attached hydrogen (secondary N) is 1. The SMILES string of the molecule is CO[C@H]1C(O)C(O)[C@@H](Oc2ccc3cc(/C=C/C(=O)NO)ccc3c2)O[C@@H]1CO. The first kappa shape index (κ1) is 21.2. The summed E-state index contributed by atoms with van der Waals surface area (Å²) in [5.74, 6) is -0.219. The van der Waals surface area contributed by atoms with Gasteiger partial charge in [0.05, 0.1) is 6.61 Å². The van der Waals surface area contributed by atoms with Crippen molar-refractivity contribution in [1.29, 1.82) is 0 Å². The molecule has 2 unspecified atom stereocenters. The molecule has 29 heavy (non-hydrogen) atoms. The van der Waals surface area contributed by atoms with Crippen molar-refractivity contribution in [3.63, 3.8) is 0 Å². The predicted molar refractivity (Wildman–Crippen MR) is 102 cm³/mol. The van der Waals surface area contributed by atoms with Crippen molar-refractivity contribution < 1.29 is 39.5 Å². The van der Waals surface area contributed by atoms with Gasteiger partial charge in [-0.25, -0.2) is 5.48 Å². The van der Waals surface area contributed by atoms with Gasteiger partial charge in [-0.3, -0.25) is 10.0 Å². The number of carbonyl (C=O) groups is 1. The van der Waals surface area contributed by atoms with Crippen LogP contribution in [0.15, 0.2) is 42.5 Å². The lowest BCUT2D eigenvalue weighted by Crippen LogP contribution is -2.60. The Kier molecular flexibility index (Phi) is 6.80. The van der Waals surface area contributed by atoms with E-state index in [2.05, 4.69) is 0 Å². The molecule has 0 bridgehead atoms. The van der Waals surface area contributed by atoms with Gasteiger partial charge in [-0.15, -0.1) is 0 Å². The molecule has 1 fully saturated rings. The van der Waals surface area contributed by atoms with Crippen LogP contribution in [0.4, 0.5) is 0 Å². The number of methoxy groups -OCH3 is 1. The lowest BCUT2D eigenvalue weighted by Gasteiger charge is -2.41. The second-order valence-electron chi connectivity index (χ2n) is 6.60. The Morgan fingerprint density at radius 1 is 1.17 bits per heavy atom. The number of amides is 1. The fraction of sp³-hybridized carbons (Fsp3) is 0.350. The van der Waals surface area contributed by atoms with Crippen molar-refractivity contribution >= 4 is 22.8 Å². The summed E-state index contributed by atoms with van der Waals surface area (Å²) in [7, 11) is 1.36. The smallest absolute Gasteiger partial charge is 0.267 e. The monoisotopic (exact) mass is 405 g/mol. The molecule has 2 aromatic rings. The third kappa shape index (κ3) is 4.73. The number of aliphatic hydroxyl groups is 3. The highest BCUT2D eigenvalue weighted by Crippen LogP contribution is 2.28. The van der Waals surface area contributed by atoms with Gasteiger partial charge >= 0.3 is 0 Å². The molecular weight excluding hydrogens is 382 g/mol. The molecule has 3 rings (SSSR count). The average Bonchev–Trinajstić information content (AvgIpc) is 2.74. The van der Waals surface area contributed by atoms with Gasteiger partial charge in [0.25, 0.3) is 5.91 Å². The van der Waals surface area contributed by atoms with Crippen LogP contribution in [0.1, 0.15) is 5.56 Å². The summed E-state index contributed by atoms with van der Waals surface area (Å²) in [6.45, 7) is -0.398. The summed E-state index contributed by atoms with van der Waals surface area (Å²) >= 11 is 0. The molecule has 0 radical (unpaired) electrons. The molecule has 1 aliphatic heterocycles. The van der Waals surface area contributed by atoms with Crippen molar-refractivity contribution in [3.05, 3.63) is 48.0 Å². The Hall–Kier alpha value is -2.53. The standard InChI is InChI=1S/C20H23NO8/c1-27-19-15(10-22)29-20(18(25)17(19)24)28-14-6-5-12-8-11(2-4-13(12)9-14)3-7-16(23)21-26/h2-9,15,17-20,22,24-26H,10H2,1H3,(H,21,23)/b7-3+/t15-,17?,18?,19-,20+/m1/s1. The zero-order chi connectivity index (χ0) is 21.0. The van der Waals surface area contributed by atoms with Crippen LogP contribution in [0.5, 0.6) is 5.75 Å². The lowest BCUT2D eigenvalue weighted by molar-refractivity contribution is -0.281. The second kappa shape index (κ2) is 9.31. The minimum atomic E-state index is -1.36. The van der Waals surface area contributed by atoms with E-state index in [0.29, 0.717) is 5.75 Å². The summed E-state index contributed by atoms with van der Waals surface area (Å²) in [5, 5.41) is 40.1. The predicted octanol–water partition coefficient (Wildman–Crippen LogP) is 0.191. The van der Waals surface area contributed by atoms with Gasteiger partial charge in [0, 0.05) is 13.2 Å². The largest absolute Gasteiger partial charge is 0.462 e. The van der Waals surface area contributed by atoms with Crippen molar-refractivity contribution in [1.82, 2.24) is 5.48 Å². The topological polar surface area (TPSA) is 138 Å². The summed E-state index contributed by atoms with van der Waals surface area (Å²) in [6, 6.07) is 10.7. The Morgan fingerprint density at radius 2 is 1.90 bits per heavy atom. The highest BCUT2D eigenvalue weighted by atomic mass is 16.7. The molecular formula is C20H23NO8. The number of hydrogen-bond acceptors (Lipinski definition) is 8. The zero-order valence-corrected chi connectivity index (χ0v) is 15.6. The zero-order valence-electron chi connectivity index (χ0n) is 15.6. The van der Waals surface area contributed by atoms with Crippen molar-refractivity contribution in [2.24, 2.45) is 0 Å². The first-order chi connectivity index (χ1) is 14.0. The first-order valence-corrected chi connectivity index (χ1v) is 8.94. The number of ether oxygens (including phenoxy) is 3. The molecule has 156 valence electrons. The van der Waals surface area contributed by atoms with E-state index in [1.165, 1.54) is 18.7 Å². The summed E-state index contributed by atoms with van der Waals surface area (Å²) in [5.41, 5.74) is 2.29. The van der Waals surface area contributed by atoms with E-state index in [-0.39, 0.29) is 0 Å². The average molecular weight is 405 g/mol. The van der Waals surface area contributed by atoms with E-state index in [1.807, 2.05) is 12.1 Å². The number of carbonyl (C=O) groups excluding carboxylic acids is 1. The van der Waals surface area contributed by atoms with Gasteiger partial charge in [-0.1, -0.05) is 18.2 Å². The maximum absolute atomic E-state index is 11.1. The number of benzene rings is 2. The Morgan fingerprint density at radius 3 is 2.59 bits per heavy atom. The van der Waals surface area contributed by atoms with Gasteiger partial charge in [0.2, 0.25) is 6.29 Å². The van der Waals surface area contributed by atoms with E-state index in [1.54, 1.807) is 30.3 Å². The molecule has 1 amide bonds. The van der Waals surface area contributed by atoms with Crippen molar-refractivity contribution in [2.75, 3.05) is 13.7 Å². The minimum absolute atomic E-state index is 0.398. The molecule has 0 aromatic heterocycles. The third-order valence-electron chi connectivity index (χ3n) is 4.72. The fourth-order valence-electron chi connectivity index (χ4n) is 3.20. The lowest BCUT2D eigenvalue weighted by atomic mass is 9.99. The van der Waals surface area contributed by atoms with Crippen LogP contribution in [0, 0.1) is 0 Å². The summed E-state index contributed by atoms with van der Waals surface area (Å²) in [6.07, 6.45) is -2.75. The summed E-state index contributed by atoms with van der Waals surface area (Å²) in [4.78, 5) is 11.1. The minimum Gasteiger partial charge on any atom is -0.462 e. The van der Waals surface area contributed by atoms with Gasteiger partial charge in [0.15, 0.2) is 0 Å². The number of rotatable bonds is 6. The van der Waals surface area contributed by atoms with Gasteiger partial charge in [0.1, 0.15) is 30.2 Å². The van der Waals surface area contributed by atoms with Crippen LogP contribution in [0.2, 0.25) is 0 Å². The van der Waals surface area contributed by atoms with Gasteiger partial charge < -0.3 is 29.5 Å². The molecule has 0 aliphatic carbocycles. The third-order valence-corrected chi connectivity index (χ3v) is 4.72. The van der Waals surface area contributed by atoms with E-state index < -0.39 is 43.2 Å². The molecule has 1 saturated heterocycles. The van der Waals surface area contributed by atoms with Gasteiger partial charge in [-0.2, -0.15) is 0 Å². The molecule has 0 saturated carbocycles. The number of fused-ring (bicyclic) bond motifs is 1. The highest BCUT2D eigenvalue weighted by Gasteiger charge is 2.45. The van der Waals surface area contributed by atoms with Gasteiger partial charge in [-0.05, 0) is 40.6 Å². The molecule has 2 aromatic carbocycles. The highest BCUT2D eigenvalue weighted by molar-refractivity contribution is 5.92. The number of hydrogen-bond donors (Lipinski definition) is 5. The van der Waals surface area contributed by atoms with E-state index >= 15 is 0 Å². The molecule has 5 N–H and O–H groups in total. The van der Waals surface area contributed by atoms with E-state index in [9.17, 15) is 20.1 Å². The molecule has 0 spiro atoms. The quantitative estimate of drug-likeness (QED) is 0.261. The second-order valence-corrected chi connectivity index (χ2v) is 6.60.